The molecule has 1 aromatic heterocycles. The van der Waals surface area contributed by atoms with Crippen molar-refractivity contribution in [3.63, 3.8) is 0 Å². The molecule has 0 amide bonds. The zero-order chi connectivity index (χ0) is 14.5. The van der Waals surface area contributed by atoms with Crippen molar-refractivity contribution in [2.75, 3.05) is 10.7 Å². The van der Waals surface area contributed by atoms with E-state index in [2.05, 4.69) is 65.7 Å². The van der Waals surface area contributed by atoms with Gasteiger partial charge in [0.05, 0.1) is 0 Å². The molecule has 1 aromatic carbocycles. The van der Waals surface area contributed by atoms with Crippen LogP contribution in [0.4, 0.5) is 11.6 Å². The average molecular weight is 271 g/mol. The fourth-order valence-electron chi connectivity index (χ4n) is 2.21. The lowest BCUT2D eigenvalue weighted by Gasteiger charge is -2.16. The summed E-state index contributed by atoms with van der Waals surface area (Å²) in [7, 11) is 0. The van der Waals surface area contributed by atoms with Gasteiger partial charge in [0, 0.05) is 12.1 Å². The van der Waals surface area contributed by atoms with Crippen molar-refractivity contribution < 1.29 is 0 Å². The fourth-order valence-corrected chi connectivity index (χ4v) is 2.21. The molecule has 0 aliphatic rings. The molecule has 4 N–H and O–H groups in total. The van der Waals surface area contributed by atoms with Crippen LogP contribution in [-0.4, -0.2) is 9.97 Å². The quantitative estimate of drug-likeness (QED) is 0.576. The Labute approximate surface area is 119 Å². The van der Waals surface area contributed by atoms with E-state index in [-0.39, 0.29) is 5.92 Å². The maximum atomic E-state index is 5.52. The number of nitrogens with two attached hydrogens (primary N) is 1. The molecule has 0 atom stereocenters. The van der Waals surface area contributed by atoms with Gasteiger partial charge in [-0.25, -0.2) is 15.8 Å². The van der Waals surface area contributed by atoms with Gasteiger partial charge in [-0.15, -0.1) is 0 Å². The lowest BCUT2D eigenvalue weighted by atomic mass is 10.0. The summed E-state index contributed by atoms with van der Waals surface area (Å²) in [5.41, 5.74) is 6.11. The molecule has 2 aromatic rings. The van der Waals surface area contributed by atoms with E-state index in [1.807, 2.05) is 0 Å². The molecule has 0 bridgehead atoms. The first kappa shape index (κ1) is 14.3. The van der Waals surface area contributed by atoms with Crippen LogP contribution in [-0.2, 0) is 6.54 Å². The van der Waals surface area contributed by atoms with Crippen LogP contribution in [0.25, 0.3) is 0 Å². The number of hydrogen-bond acceptors (Lipinski definition) is 5. The van der Waals surface area contributed by atoms with E-state index in [1.165, 1.54) is 17.5 Å². The van der Waals surface area contributed by atoms with Gasteiger partial charge in [-0.1, -0.05) is 43.7 Å². The third-order valence-corrected chi connectivity index (χ3v) is 3.14. The highest BCUT2D eigenvalue weighted by atomic mass is 15.3. The van der Waals surface area contributed by atoms with E-state index in [9.17, 15) is 0 Å². The molecule has 5 nitrogen and oxygen atoms in total. The Balaban J connectivity index is 2.21. The van der Waals surface area contributed by atoms with Crippen molar-refractivity contribution in [2.24, 2.45) is 5.84 Å². The van der Waals surface area contributed by atoms with Crippen molar-refractivity contribution in [1.82, 2.24) is 9.97 Å². The lowest BCUT2D eigenvalue weighted by molar-refractivity contribution is 0.845. The molecular weight excluding hydrogens is 250 g/mol. The normalized spacial score (nSPS) is 10.7. The van der Waals surface area contributed by atoms with E-state index >= 15 is 0 Å². The van der Waals surface area contributed by atoms with Crippen LogP contribution >= 0.6 is 0 Å². The van der Waals surface area contributed by atoms with Crippen molar-refractivity contribution in [3.05, 3.63) is 47.3 Å². The second kappa shape index (κ2) is 6.34. The van der Waals surface area contributed by atoms with Crippen LogP contribution in [0.15, 0.2) is 30.6 Å². The molecule has 0 unspecified atom stereocenters. The Morgan fingerprint density at radius 3 is 2.60 bits per heavy atom. The topological polar surface area (TPSA) is 75.9 Å². The smallest absolute Gasteiger partial charge is 0.148 e. The summed E-state index contributed by atoms with van der Waals surface area (Å²) in [6, 6.07) is 8.40. The van der Waals surface area contributed by atoms with Gasteiger partial charge in [-0.3, -0.25) is 0 Å². The van der Waals surface area contributed by atoms with Gasteiger partial charge in [0.15, 0.2) is 0 Å². The number of rotatable bonds is 5. The first-order valence-corrected chi connectivity index (χ1v) is 6.72. The van der Waals surface area contributed by atoms with Crippen LogP contribution in [0.2, 0.25) is 0 Å². The lowest BCUT2D eigenvalue weighted by Crippen LogP contribution is -2.15. The highest BCUT2D eigenvalue weighted by Gasteiger charge is 2.14. The average Bonchev–Trinajstić information content (AvgIpc) is 2.44. The Kier molecular flexibility index (Phi) is 4.53. The number of aryl methyl sites for hydroxylation is 1. The third kappa shape index (κ3) is 3.24. The van der Waals surface area contributed by atoms with Crippen molar-refractivity contribution in [2.45, 2.75) is 33.2 Å². The molecule has 0 spiro atoms. The minimum atomic E-state index is 0.280. The highest BCUT2D eigenvalue weighted by Crippen LogP contribution is 2.27. The van der Waals surface area contributed by atoms with E-state index in [4.69, 9.17) is 5.84 Å². The molecular formula is C15H21N5. The Morgan fingerprint density at radius 1 is 1.20 bits per heavy atom. The van der Waals surface area contributed by atoms with Gasteiger partial charge in [0.25, 0.3) is 0 Å². The van der Waals surface area contributed by atoms with Crippen molar-refractivity contribution in [3.8, 4) is 0 Å². The number of nitrogen functional groups attached to an aromatic ring is 1. The maximum absolute atomic E-state index is 5.52. The SMILES string of the molecule is Cc1cccc(CNc2ncnc(NN)c2C(C)C)c1. The molecule has 0 aliphatic carbocycles. The second-order valence-electron chi connectivity index (χ2n) is 5.13. The molecule has 0 fully saturated rings. The zero-order valence-corrected chi connectivity index (χ0v) is 12.1. The number of hydrogen-bond donors (Lipinski definition) is 3. The van der Waals surface area contributed by atoms with Gasteiger partial charge in [-0.05, 0) is 18.4 Å². The third-order valence-electron chi connectivity index (χ3n) is 3.14. The Morgan fingerprint density at radius 2 is 1.95 bits per heavy atom. The number of nitrogens with one attached hydrogen (secondary N) is 2. The number of anilines is 2. The summed E-state index contributed by atoms with van der Waals surface area (Å²) >= 11 is 0. The van der Waals surface area contributed by atoms with Crippen molar-refractivity contribution in [1.29, 1.82) is 0 Å². The number of hydrazine groups is 1. The molecule has 2 rings (SSSR count). The summed E-state index contributed by atoms with van der Waals surface area (Å²) < 4.78 is 0. The van der Waals surface area contributed by atoms with Crippen molar-refractivity contribution >= 4 is 11.6 Å². The summed E-state index contributed by atoms with van der Waals surface area (Å²) in [6.07, 6.45) is 1.51. The van der Waals surface area contributed by atoms with E-state index in [0.29, 0.717) is 5.82 Å². The largest absolute Gasteiger partial charge is 0.366 e. The predicted octanol–water partition coefficient (Wildman–Crippen LogP) is 2.81. The van der Waals surface area contributed by atoms with Crippen LogP contribution < -0.4 is 16.6 Å². The summed E-state index contributed by atoms with van der Waals surface area (Å²) in [6.45, 7) is 7.00. The first-order chi connectivity index (χ1) is 9.61. The predicted molar refractivity (Wildman–Crippen MR) is 82.4 cm³/mol. The maximum Gasteiger partial charge on any atom is 0.148 e. The van der Waals surface area contributed by atoms with Crippen LogP contribution in [0, 0.1) is 6.92 Å². The zero-order valence-electron chi connectivity index (χ0n) is 12.1. The van der Waals surface area contributed by atoms with Crippen LogP contribution in [0.1, 0.15) is 36.5 Å². The highest BCUT2D eigenvalue weighted by molar-refractivity contribution is 5.58. The molecule has 0 saturated heterocycles. The summed E-state index contributed by atoms with van der Waals surface area (Å²) in [4.78, 5) is 8.49. The standard InChI is InChI=1S/C15H21N5/c1-10(2)13-14(18-9-19-15(13)20-16)17-8-12-6-4-5-11(3)7-12/h4-7,9-10H,8,16H2,1-3H3,(H2,17,18,19,20). The minimum absolute atomic E-state index is 0.280. The van der Waals surface area contributed by atoms with E-state index < -0.39 is 0 Å². The van der Waals surface area contributed by atoms with E-state index in [1.54, 1.807) is 0 Å². The monoisotopic (exact) mass is 271 g/mol. The van der Waals surface area contributed by atoms with E-state index in [0.717, 1.165) is 17.9 Å². The Bertz CT molecular complexity index is 580. The number of nitrogens with zero attached hydrogens (tertiary/aromatic N) is 2. The van der Waals surface area contributed by atoms with Gasteiger partial charge in [-0.2, -0.15) is 0 Å². The van der Waals surface area contributed by atoms with Crippen LogP contribution in [0.5, 0.6) is 0 Å². The van der Waals surface area contributed by atoms with Gasteiger partial charge < -0.3 is 10.7 Å². The Hall–Kier alpha value is -2.14. The first-order valence-electron chi connectivity index (χ1n) is 6.72. The molecule has 0 radical (unpaired) electrons. The summed E-state index contributed by atoms with van der Waals surface area (Å²) in [5.74, 6) is 7.29. The number of benzene rings is 1. The fraction of sp³-hybridized carbons (Fsp3) is 0.333. The summed E-state index contributed by atoms with van der Waals surface area (Å²) in [5, 5.41) is 3.37. The minimum Gasteiger partial charge on any atom is -0.366 e. The molecule has 1 heterocycles. The van der Waals surface area contributed by atoms with Gasteiger partial charge in [0.2, 0.25) is 0 Å². The second-order valence-corrected chi connectivity index (χ2v) is 5.13. The van der Waals surface area contributed by atoms with Gasteiger partial charge >= 0.3 is 0 Å². The molecule has 106 valence electrons. The molecule has 20 heavy (non-hydrogen) atoms. The molecule has 0 aliphatic heterocycles. The number of aromatic nitrogens is 2. The molecule has 5 heteroatoms. The molecule has 0 saturated carbocycles. The van der Waals surface area contributed by atoms with Gasteiger partial charge in [0.1, 0.15) is 18.0 Å². The van der Waals surface area contributed by atoms with Crippen LogP contribution in [0.3, 0.4) is 0 Å².